The van der Waals surface area contributed by atoms with Crippen LogP contribution in [-0.4, -0.2) is 32.4 Å². The highest BCUT2D eigenvalue weighted by Crippen LogP contribution is 2.29. The number of hydrogen-bond acceptors (Lipinski definition) is 3. The molecule has 2 N–H and O–H groups in total. The van der Waals surface area contributed by atoms with Gasteiger partial charge in [-0.3, -0.25) is 0 Å². The summed E-state index contributed by atoms with van der Waals surface area (Å²) in [4.78, 5) is 0. The molecule has 1 saturated heterocycles. The van der Waals surface area contributed by atoms with Gasteiger partial charge in [0.2, 0.25) is 0 Å². The highest BCUT2D eigenvalue weighted by molar-refractivity contribution is 7.91. The van der Waals surface area contributed by atoms with E-state index < -0.39 is 22.3 Å². The first-order valence-electron chi connectivity index (χ1n) is 4.63. The molecule has 0 aliphatic carbocycles. The van der Waals surface area contributed by atoms with E-state index in [1.54, 1.807) is 0 Å². The van der Waals surface area contributed by atoms with Gasteiger partial charge in [0, 0.05) is 6.42 Å². The molecule has 6 heteroatoms. The van der Waals surface area contributed by atoms with Crippen molar-refractivity contribution in [3.8, 4) is 0 Å². The summed E-state index contributed by atoms with van der Waals surface area (Å²) in [5.74, 6) is -2.96. The van der Waals surface area contributed by atoms with E-state index in [0.717, 1.165) is 0 Å². The summed E-state index contributed by atoms with van der Waals surface area (Å²) in [6.07, 6.45) is 0.412. The predicted molar refractivity (Wildman–Crippen MR) is 50.0 cm³/mol. The molecule has 0 spiro atoms. The summed E-state index contributed by atoms with van der Waals surface area (Å²) in [6.45, 7) is -0.656. The second-order valence-corrected chi connectivity index (χ2v) is 6.16. The molecule has 1 heterocycles. The summed E-state index contributed by atoms with van der Waals surface area (Å²) < 4.78 is 47.7. The van der Waals surface area contributed by atoms with Gasteiger partial charge in [-0.15, -0.1) is 0 Å². The maximum Gasteiger partial charge on any atom is 0.260 e. The Morgan fingerprint density at radius 2 is 1.79 bits per heavy atom. The Bertz CT molecular complexity index is 276. The van der Waals surface area contributed by atoms with Crippen LogP contribution < -0.4 is 5.73 Å². The molecular formula is C8H15F2NO2S. The summed E-state index contributed by atoms with van der Waals surface area (Å²) >= 11 is 0. The largest absolute Gasteiger partial charge is 0.325 e. The van der Waals surface area contributed by atoms with Gasteiger partial charge >= 0.3 is 0 Å². The minimum absolute atomic E-state index is 0.0400. The molecule has 3 nitrogen and oxygen atoms in total. The Morgan fingerprint density at radius 1 is 1.29 bits per heavy atom. The van der Waals surface area contributed by atoms with E-state index in [1.165, 1.54) is 0 Å². The SMILES string of the molecule is NCC(F)(F)CC1CCS(=O)(=O)CC1. The van der Waals surface area contributed by atoms with Crippen LogP contribution in [0.5, 0.6) is 0 Å². The first-order chi connectivity index (χ1) is 6.35. The number of alkyl halides is 2. The Hall–Kier alpha value is -0.230. The van der Waals surface area contributed by atoms with Crippen molar-refractivity contribution in [1.82, 2.24) is 0 Å². The zero-order valence-electron chi connectivity index (χ0n) is 7.88. The standard InChI is InChI=1S/C8H15F2NO2S/c9-8(10,6-11)5-7-1-3-14(12,13)4-2-7/h7H,1-6,11H2. The number of nitrogens with two attached hydrogens (primary N) is 1. The van der Waals surface area contributed by atoms with Crippen molar-refractivity contribution in [2.75, 3.05) is 18.1 Å². The first-order valence-corrected chi connectivity index (χ1v) is 6.45. The molecule has 84 valence electrons. The van der Waals surface area contributed by atoms with Crippen LogP contribution >= 0.6 is 0 Å². The highest BCUT2D eigenvalue weighted by atomic mass is 32.2. The quantitative estimate of drug-likeness (QED) is 0.775. The van der Waals surface area contributed by atoms with Gasteiger partial charge in [-0.1, -0.05) is 0 Å². The van der Waals surface area contributed by atoms with Gasteiger partial charge in [0.1, 0.15) is 9.84 Å². The second-order valence-electron chi connectivity index (χ2n) is 3.86. The average molecular weight is 227 g/mol. The number of halogens is 2. The lowest BCUT2D eigenvalue weighted by atomic mass is 9.95. The van der Waals surface area contributed by atoms with E-state index in [-0.39, 0.29) is 23.8 Å². The van der Waals surface area contributed by atoms with Crippen molar-refractivity contribution in [3.05, 3.63) is 0 Å². The predicted octanol–water partition coefficient (Wildman–Crippen LogP) is 0.795. The van der Waals surface area contributed by atoms with Crippen molar-refractivity contribution < 1.29 is 17.2 Å². The van der Waals surface area contributed by atoms with E-state index in [2.05, 4.69) is 0 Å². The van der Waals surface area contributed by atoms with Crippen LogP contribution in [-0.2, 0) is 9.84 Å². The molecule has 0 unspecified atom stereocenters. The maximum absolute atomic E-state index is 12.9. The van der Waals surface area contributed by atoms with Gasteiger partial charge in [0.15, 0.2) is 0 Å². The summed E-state index contributed by atoms with van der Waals surface area (Å²) in [5.41, 5.74) is 4.91. The summed E-state index contributed by atoms with van der Waals surface area (Å²) in [5, 5.41) is 0. The zero-order valence-corrected chi connectivity index (χ0v) is 8.69. The van der Waals surface area contributed by atoms with Crippen LogP contribution in [0.2, 0.25) is 0 Å². The smallest absolute Gasteiger partial charge is 0.260 e. The molecule has 0 amide bonds. The van der Waals surface area contributed by atoms with Gasteiger partial charge in [0.25, 0.3) is 5.92 Å². The first kappa shape index (κ1) is 11.8. The van der Waals surface area contributed by atoms with Crippen LogP contribution in [0.4, 0.5) is 8.78 Å². The van der Waals surface area contributed by atoms with Crippen LogP contribution in [0.25, 0.3) is 0 Å². The summed E-state index contributed by atoms with van der Waals surface area (Å²) in [7, 11) is -2.95. The molecule has 0 atom stereocenters. The maximum atomic E-state index is 12.9. The van der Waals surface area contributed by atoms with E-state index >= 15 is 0 Å². The molecule has 0 aromatic rings. The van der Waals surface area contributed by atoms with Gasteiger partial charge in [-0.2, -0.15) is 0 Å². The number of hydrogen-bond donors (Lipinski definition) is 1. The lowest BCUT2D eigenvalue weighted by molar-refractivity contribution is -0.0149. The average Bonchev–Trinajstić information content (AvgIpc) is 2.09. The topological polar surface area (TPSA) is 60.2 Å². The molecule has 0 radical (unpaired) electrons. The van der Waals surface area contributed by atoms with E-state index in [9.17, 15) is 17.2 Å². The third kappa shape index (κ3) is 3.49. The molecule has 0 bridgehead atoms. The Kier molecular flexibility index (Phi) is 3.47. The van der Waals surface area contributed by atoms with Crippen LogP contribution in [0.1, 0.15) is 19.3 Å². The number of rotatable bonds is 3. The molecule has 1 rings (SSSR count). The zero-order chi connectivity index (χ0) is 10.8. The lowest BCUT2D eigenvalue weighted by Crippen LogP contribution is -2.33. The van der Waals surface area contributed by atoms with Gasteiger partial charge in [-0.05, 0) is 18.8 Å². The Balaban J connectivity index is 2.44. The fourth-order valence-electron chi connectivity index (χ4n) is 1.65. The van der Waals surface area contributed by atoms with Gasteiger partial charge in [0.05, 0.1) is 18.1 Å². The third-order valence-electron chi connectivity index (χ3n) is 2.56. The second kappa shape index (κ2) is 4.10. The fourth-order valence-corrected chi connectivity index (χ4v) is 3.24. The molecule has 0 saturated carbocycles. The molecule has 0 aromatic carbocycles. The third-order valence-corrected chi connectivity index (χ3v) is 4.28. The van der Waals surface area contributed by atoms with Crippen LogP contribution in [0, 0.1) is 5.92 Å². The highest BCUT2D eigenvalue weighted by Gasteiger charge is 2.33. The van der Waals surface area contributed by atoms with E-state index in [4.69, 9.17) is 5.73 Å². The Morgan fingerprint density at radius 3 is 2.21 bits per heavy atom. The van der Waals surface area contributed by atoms with E-state index in [1.807, 2.05) is 0 Å². The Labute approximate surface area is 82.6 Å². The van der Waals surface area contributed by atoms with Crippen molar-refractivity contribution in [2.45, 2.75) is 25.2 Å². The van der Waals surface area contributed by atoms with Crippen molar-refractivity contribution in [3.63, 3.8) is 0 Å². The van der Waals surface area contributed by atoms with Crippen LogP contribution in [0.3, 0.4) is 0 Å². The van der Waals surface area contributed by atoms with Gasteiger partial charge in [-0.25, -0.2) is 17.2 Å². The van der Waals surface area contributed by atoms with Crippen molar-refractivity contribution in [1.29, 1.82) is 0 Å². The minimum atomic E-state index is -2.95. The molecule has 1 fully saturated rings. The fraction of sp³-hybridized carbons (Fsp3) is 1.00. The summed E-state index contributed by atoms with van der Waals surface area (Å²) in [6, 6.07) is 0. The van der Waals surface area contributed by atoms with Crippen molar-refractivity contribution in [2.24, 2.45) is 11.7 Å². The van der Waals surface area contributed by atoms with Crippen molar-refractivity contribution >= 4 is 9.84 Å². The molecular weight excluding hydrogens is 212 g/mol. The molecule has 1 aliphatic rings. The molecule has 0 aromatic heterocycles. The molecule has 1 aliphatic heterocycles. The van der Waals surface area contributed by atoms with Crippen LogP contribution in [0.15, 0.2) is 0 Å². The lowest BCUT2D eigenvalue weighted by Gasteiger charge is -2.25. The normalized spacial score (nSPS) is 23.6. The minimum Gasteiger partial charge on any atom is -0.325 e. The number of sulfone groups is 1. The monoisotopic (exact) mass is 227 g/mol. The van der Waals surface area contributed by atoms with E-state index in [0.29, 0.717) is 12.8 Å². The molecule has 14 heavy (non-hydrogen) atoms. The van der Waals surface area contributed by atoms with Gasteiger partial charge < -0.3 is 5.73 Å².